The molecule has 0 aliphatic carbocycles. The van der Waals surface area contributed by atoms with Gasteiger partial charge in [-0.15, -0.1) is 0 Å². The smallest absolute Gasteiger partial charge is 0.295 e. The maximum absolute atomic E-state index is 13.1. The summed E-state index contributed by atoms with van der Waals surface area (Å²) >= 11 is 11.8. The predicted molar refractivity (Wildman–Crippen MR) is 81.6 cm³/mol. The standard InChI is InChI=1S/C14H11Cl2FN2O2/c1-8(9-2-4-11(15)12(16)6-9)18-13-5-3-10(17)7-14(13)19(20)21/h2-8,18H,1H3. The van der Waals surface area contributed by atoms with E-state index in [-0.39, 0.29) is 17.4 Å². The van der Waals surface area contributed by atoms with Crippen molar-refractivity contribution in [3.05, 3.63) is 67.9 Å². The Morgan fingerprint density at radius 2 is 1.90 bits per heavy atom. The molecule has 4 nitrogen and oxygen atoms in total. The minimum Gasteiger partial charge on any atom is -0.373 e. The summed E-state index contributed by atoms with van der Waals surface area (Å²) in [6.07, 6.45) is 0. The molecule has 0 saturated heterocycles. The average Bonchev–Trinajstić information content (AvgIpc) is 2.43. The SMILES string of the molecule is CC(Nc1ccc(F)cc1[N+](=O)[O-])c1ccc(Cl)c(Cl)c1. The van der Waals surface area contributed by atoms with Crippen LogP contribution < -0.4 is 5.32 Å². The maximum atomic E-state index is 13.1. The summed E-state index contributed by atoms with van der Waals surface area (Å²) in [6.45, 7) is 1.81. The summed E-state index contributed by atoms with van der Waals surface area (Å²) < 4.78 is 13.1. The van der Waals surface area contributed by atoms with Gasteiger partial charge in [-0.05, 0) is 36.8 Å². The Kier molecular flexibility index (Phi) is 4.65. The van der Waals surface area contributed by atoms with E-state index < -0.39 is 10.7 Å². The highest BCUT2D eigenvalue weighted by Gasteiger charge is 2.17. The lowest BCUT2D eigenvalue weighted by molar-refractivity contribution is -0.384. The van der Waals surface area contributed by atoms with E-state index in [1.807, 2.05) is 6.92 Å². The van der Waals surface area contributed by atoms with Crippen LogP contribution in [0.2, 0.25) is 10.0 Å². The Hall–Kier alpha value is -1.85. The van der Waals surface area contributed by atoms with Gasteiger partial charge in [0, 0.05) is 6.04 Å². The van der Waals surface area contributed by atoms with E-state index in [2.05, 4.69) is 5.32 Å². The highest BCUT2D eigenvalue weighted by atomic mass is 35.5. The summed E-state index contributed by atoms with van der Waals surface area (Å²) in [4.78, 5) is 10.3. The molecule has 110 valence electrons. The van der Waals surface area contributed by atoms with E-state index >= 15 is 0 Å². The second-order valence-corrected chi connectivity index (χ2v) is 5.27. The zero-order valence-electron chi connectivity index (χ0n) is 10.9. The quantitative estimate of drug-likeness (QED) is 0.618. The van der Waals surface area contributed by atoms with Crippen molar-refractivity contribution in [2.24, 2.45) is 0 Å². The minimum atomic E-state index is -0.658. The first-order valence-electron chi connectivity index (χ1n) is 6.04. The molecule has 0 aliphatic rings. The molecule has 0 radical (unpaired) electrons. The maximum Gasteiger partial charge on any atom is 0.295 e. The molecule has 1 atom stereocenters. The molecule has 0 amide bonds. The lowest BCUT2D eigenvalue weighted by Crippen LogP contribution is -2.08. The van der Waals surface area contributed by atoms with Crippen LogP contribution in [0.1, 0.15) is 18.5 Å². The number of hydrogen-bond acceptors (Lipinski definition) is 3. The molecule has 0 spiro atoms. The summed E-state index contributed by atoms with van der Waals surface area (Å²) in [5, 5.41) is 14.8. The van der Waals surface area contributed by atoms with Crippen molar-refractivity contribution < 1.29 is 9.31 Å². The molecule has 0 heterocycles. The first-order chi connectivity index (χ1) is 9.88. The van der Waals surface area contributed by atoms with E-state index in [1.165, 1.54) is 6.07 Å². The Morgan fingerprint density at radius 1 is 1.19 bits per heavy atom. The van der Waals surface area contributed by atoms with Crippen molar-refractivity contribution in [1.29, 1.82) is 0 Å². The van der Waals surface area contributed by atoms with Crippen molar-refractivity contribution in [1.82, 2.24) is 0 Å². The van der Waals surface area contributed by atoms with Gasteiger partial charge in [-0.3, -0.25) is 10.1 Å². The third-order valence-electron chi connectivity index (χ3n) is 2.97. The predicted octanol–water partition coefficient (Wildman–Crippen LogP) is 5.21. The van der Waals surface area contributed by atoms with Gasteiger partial charge in [-0.2, -0.15) is 0 Å². The zero-order chi connectivity index (χ0) is 15.6. The van der Waals surface area contributed by atoms with Crippen molar-refractivity contribution in [2.75, 3.05) is 5.32 Å². The molecule has 2 aromatic rings. The van der Waals surface area contributed by atoms with Gasteiger partial charge in [0.15, 0.2) is 0 Å². The van der Waals surface area contributed by atoms with E-state index in [0.29, 0.717) is 10.0 Å². The molecule has 0 aromatic heterocycles. The van der Waals surface area contributed by atoms with Crippen molar-refractivity contribution >= 4 is 34.6 Å². The lowest BCUT2D eigenvalue weighted by atomic mass is 10.1. The molecule has 0 fully saturated rings. The summed E-state index contributed by atoms with van der Waals surface area (Å²) in [5.41, 5.74) is 0.727. The number of hydrogen-bond donors (Lipinski definition) is 1. The largest absolute Gasteiger partial charge is 0.373 e. The Morgan fingerprint density at radius 3 is 2.52 bits per heavy atom. The lowest BCUT2D eigenvalue weighted by Gasteiger charge is -2.16. The highest BCUT2D eigenvalue weighted by Crippen LogP contribution is 2.31. The zero-order valence-corrected chi connectivity index (χ0v) is 12.5. The van der Waals surface area contributed by atoms with Crippen molar-refractivity contribution in [3.63, 3.8) is 0 Å². The number of benzene rings is 2. The van der Waals surface area contributed by atoms with Crippen LogP contribution in [0.4, 0.5) is 15.8 Å². The summed E-state index contributed by atoms with van der Waals surface area (Å²) in [7, 11) is 0. The van der Waals surface area contributed by atoms with Crippen LogP contribution in [0.15, 0.2) is 36.4 Å². The van der Waals surface area contributed by atoms with Gasteiger partial charge in [-0.25, -0.2) is 4.39 Å². The second kappa shape index (κ2) is 6.28. The molecule has 1 N–H and O–H groups in total. The van der Waals surface area contributed by atoms with Gasteiger partial charge in [0.05, 0.1) is 21.0 Å². The van der Waals surface area contributed by atoms with E-state index in [9.17, 15) is 14.5 Å². The average molecular weight is 329 g/mol. The van der Waals surface area contributed by atoms with Crippen LogP contribution in [0.5, 0.6) is 0 Å². The van der Waals surface area contributed by atoms with Gasteiger partial charge in [-0.1, -0.05) is 29.3 Å². The number of anilines is 1. The molecule has 0 bridgehead atoms. The number of nitrogens with one attached hydrogen (secondary N) is 1. The van der Waals surface area contributed by atoms with E-state index in [4.69, 9.17) is 23.2 Å². The fraction of sp³-hybridized carbons (Fsp3) is 0.143. The second-order valence-electron chi connectivity index (χ2n) is 4.46. The Bertz CT molecular complexity index is 695. The van der Waals surface area contributed by atoms with Crippen LogP contribution in [0.25, 0.3) is 0 Å². The van der Waals surface area contributed by atoms with Crippen LogP contribution >= 0.6 is 23.2 Å². The van der Waals surface area contributed by atoms with Crippen LogP contribution in [-0.4, -0.2) is 4.92 Å². The van der Waals surface area contributed by atoms with Gasteiger partial charge in [0.25, 0.3) is 5.69 Å². The Balaban J connectivity index is 2.29. The Labute approximate surface area is 130 Å². The van der Waals surface area contributed by atoms with Crippen LogP contribution in [0, 0.1) is 15.9 Å². The minimum absolute atomic E-state index is 0.236. The topological polar surface area (TPSA) is 55.2 Å². The molecule has 7 heteroatoms. The number of rotatable bonds is 4. The van der Waals surface area contributed by atoms with Crippen LogP contribution in [-0.2, 0) is 0 Å². The number of nitro benzene ring substituents is 1. The monoisotopic (exact) mass is 328 g/mol. The fourth-order valence-corrected chi connectivity index (χ4v) is 2.18. The molecule has 21 heavy (non-hydrogen) atoms. The van der Waals surface area contributed by atoms with Gasteiger partial charge in [0.2, 0.25) is 0 Å². The van der Waals surface area contributed by atoms with Gasteiger partial charge in [0.1, 0.15) is 11.5 Å². The molecular weight excluding hydrogens is 318 g/mol. The molecule has 1 unspecified atom stereocenters. The number of halogens is 3. The van der Waals surface area contributed by atoms with Crippen molar-refractivity contribution in [3.8, 4) is 0 Å². The van der Waals surface area contributed by atoms with E-state index in [0.717, 1.165) is 17.7 Å². The first kappa shape index (κ1) is 15.5. The summed E-state index contributed by atoms with van der Waals surface area (Å²) in [6, 6.07) is 8.21. The molecule has 2 rings (SSSR count). The first-order valence-corrected chi connectivity index (χ1v) is 6.79. The fourth-order valence-electron chi connectivity index (χ4n) is 1.88. The molecular formula is C14H11Cl2FN2O2. The summed E-state index contributed by atoms with van der Waals surface area (Å²) in [5.74, 6) is -0.658. The van der Waals surface area contributed by atoms with Crippen LogP contribution in [0.3, 0.4) is 0 Å². The molecule has 2 aromatic carbocycles. The third kappa shape index (κ3) is 3.62. The molecule has 0 aliphatic heterocycles. The highest BCUT2D eigenvalue weighted by molar-refractivity contribution is 6.42. The molecule has 0 saturated carbocycles. The van der Waals surface area contributed by atoms with Gasteiger partial charge < -0.3 is 5.32 Å². The number of nitrogens with zero attached hydrogens (tertiary/aromatic N) is 1. The normalized spacial score (nSPS) is 12.0. The van der Waals surface area contributed by atoms with Gasteiger partial charge >= 0.3 is 0 Å². The van der Waals surface area contributed by atoms with Crippen molar-refractivity contribution in [2.45, 2.75) is 13.0 Å². The number of nitro groups is 1. The third-order valence-corrected chi connectivity index (χ3v) is 3.71. The van der Waals surface area contributed by atoms with E-state index in [1.54, 1.807) is 18.2 Å².